The number of carboxylic acids is 1. The summed E-state index contributed by atoms with van der Waals surface area (Å²) in [4.78, 5) is 23.4. The first-order chi connectivity index (χ1) is 8.75. The van der Waals surface area contributed by atoms with Gasteiger partial charge in [-0.05, 0) is 25.1 Å². The van der Waals surface area contributed by atoms with Crippen molar-refractivity contribution in [1.29, 1.82) is 0 Å². The number of nitrogens with zero attached hydrogens (tertiary/aromatic N) is 1. The molecule has 0 fully saturated rings. The first kappa shape index (κ1) is 15.0. The van der Waals surface area contributed by atoms with Gasteiger partial charge >= 0.3 is 12.1 Å². The highest BCUT2D eigenvalue weighted by Crippen LogP contribution is 2.29. The molecule has 1 rings (SSSR count). The number of carboxylic acid groups (broad SMARTS) is 1. The third-order valence-corrected chi connectivity index (χ3v) is 2.43. The summed E-state index contributed by atoms with van der Waals surface area (Å²) < 4.78 is 37.5. The molecule has 0 aromatic heterocycles. The van der Waals surface area contributed by atoms with Crippen LogP contribution in [0.15, 0.2) is 24.3 Å². The molecule has 1 amide bonds. The molecule has 0 saturated heterocycles. The van der Waals surface area contributed by atoms with E-state index in [1.165, 1.54) is 6.07 Å². The molecule has 0 atom stereocenters. The predicted octanol–water partition coefficient (Wildman–Crippen LogP) is 2.25. The van der Waals surface area contributed by atoms with Crippen LogP contribution in [0.3, 0.4) is 0 Å². The van der Waals surface area contributed by atoms with Gasteiger partial charge in [0.2, 0.25) is 0 Å². The van der Waals surface area contributed by atoms with Crippen molar-refractivity contribution in [3.05, 3.63) is 35.4 Å². The molecule has 0 radical (unpaired) electrons. The van der Waals surface area contributed by atoms with Gasteiger partial charge in [-0.25, -0.2) is 0 Å². The summed E-state index contributed by atoms with van der Waals surface area (Å²) in [5.74, 6) is -1.96. The zero-order valence-electron chi connectivity index (χ0n) is 10.1. The number of benzene rings is 1. The summed E-state index contributed by atoms with van der Waals surface area (Å²) in [5.41, 5.74) is -1.12. The molecular weight excluding hydrogens is 263 g/mol. The molecule has 1 aromatic rings. The molecule has 0 saturated carbocycles. The second-order valence-corrected chi connectivity index (χ2v) is 3.79. The maximum atomic E-state index is 12.5. The van der Waals surface area contributed by atoms with Gasteiger partial charge in [0.1, 0.15) is 6.54 Å². The average molecular weight is 275 g/mol. The molecule has 0 unspecified atom stereocenters. The average Bonchev–Trinajstić information content (AvgIpc) is 2.34. The van der Waals surface area contributed by atoms with E-state index in [0.717, 1.165) is 17.0 Å². The van der Waals surface area contributed by atoms with Crippen molar-refractivity contribution in [3.63, 3.8) is 0 Å². The Hall–Kier alpha value is -2.05. The van der Waals surface area contributed by atoms with Crippen LogP contribution in [0.5, 0.6) is 0 Å². The summed E-state index contributed by atoms with van der Waals surface area (Å²) in [7, 11) is 0. The lowest BCUT2D eigenvalue weighted by molar-refractivity contribution is -0.138. The second kappa shape index (κ2) is 5.73. The molecular formula is C12H12F3NO3. The normalized spacial score (nSPS) is 11.2. The first-order valence-corrected chi connectivity index (χ1v) is 5.44. The number of hydrogen-bond acceptors (Lipinski definition) is 2. The van der Waals surface area contributed by atoms with E-state index < -0.39 is 30.2 Å². The minimum Gasteiger partial charge on any atom is -0.480 e. The van der Waals surface area contributed by atoms with Crippen LogP contribution < -0.4 is 0 Å². The van der Waals surface area contributed by atoms with Crippen molar-refractivity contribution in [2.75, 3.05) is 13.1 Å². The highest BCUT2D eigenvalue weighted by atomic mass is 19.4. The number of rotatable bonds is 4. The van der Waals surface area contributed by atoms with Gasteiger partial charge in [-0.1, -0.05) is 6.07 Å². The van der Waals surface area contributed by atoms with Gasteiger partial charge in [0.25, 0.3) is 5.91 Å². The van der Waals surface area contributed by atoms with Gasteiger partial charge in [0.15, 0.2) is 0 Å². The summed E-state index contributed by atoms with van der Waals surface area (Å²) in [6.07, 6.45) is -4.54. The molecule has 19 heavy (non-hydrogen) atoms. The molecule has 1 N–H and O–H groups in total. The van der Waals surface area contributed by atoms with E-state index in [1.807, 2.05) is 0 Å². The monoisotopic (exact) mass is 275 g/mol. The number of likely N-dealkylation sites (N-methyl/N-ethyl adjacent to an activating group) is 1. The van der Waals surface area contributed by atoms with E-state index in [-0.39, 0.29) is 12.1 Å². The second-order valence-electron chi connectivity index (χ2n) is 3.79. The molecule has 7 heteroatoms. The molecule has 0 aliphatic carbocycles. The third-order valence-electron chi connectivity index (χ3n) is 2.43. The summed E-state index contributed by atoms with van der Waals surface area (Å²) in [6, 6.07) is 3.91. The Morgan fingerprint density at radius 1 is 1.32 bits per heavy atom. The number of carbonyl (C=O) groups excluding carboxylic acids is 1. The number of hydrogen-bond donors (Lipinski definition) is 1. The lowest BCUT2D eigenvalue weighted by Crippen LogP contribution is -2.35. The largest absolute Gasteiger partial charge is 0.480 e. The van der Waals surface area contributed by atoms with Gasteiger partial charge in [-0.3, -0.25) is 9.59 Å². The fraction of sp³-hybridized carbons (Fsp3) is 0.333. The van der Waals surface area contributed by atoms with Gasteiger partial charge in [-0.2, -0.15) is 13.2 Å². The zero-order chi connectivity index (χ0) is 14.6. The maximum Gasteiger partial charge on any atom is 0.416 e. The Balaban J connectivity index is 3.02. The molecule has 0 aliphatic heterocycles. The fourth-order valence-electron chi connectivity index (χ4n) is 1.50. The summed E-state index contributed by atoms with van der Waals surface area (Å²) >= 11 is 0. The van der Waals surface area contributed by atoms with Crippen LogP contribution in [-0.4, -0.2) is 35.0 Å². The third kappa shape index (κ3) is 3.97. The standard InChI is InChI=1S/C12H12F3NO3/c1-2-16(7-10(17)18)11(19)8-4-3-5-9(6-8)12(13,14)15/h3-6H,2,7H2,1H3,(H,17,18). The van der Waals surface area contributed by atoms with Crippen LogP contribution in [0.25, 0.3) is 0 Å². The fourth-order valence-corrected chi connectivity index (χ4v) is 1.50. The highest BCUT2D eigenvalue weighted by Gasteiger charge is 2.31. The SMILES string of the molecule is CCN(CC(=O)O)C(=O)c1cccc(C(F)(F)F)c1. The lowest BCUT2D eigenvalue weighted by Gasteiger charge is -2.19. The van der Waals surface area contributed by atoms with Crippen molar-refractivity contribution < 1.29 is 27.9 Å². The van der Waals surface area contributed by atoms with Crippen molar-refractivity contribution in [3.8, 4) is 0 Å². The predicted molar refractivity (Wildman–Crippen MR) is 60.7 cm³/mol. The Morgan fingerprint density at radius 3 is 2.42 bits per heavy atom. The van der Waals surface area contributed by atoms with Gasteiger partial charge in [-0.15, -0.1) is 0 Å². The minimum absolute atomic E-state index is 0.0986. The summed E-state index contributed by atoms with van der Waals surface area (Å²) in [5, 5.41) is 8.62. The maximum absolute atomic E-state index is 12.5. The Morgan fingerprint density at radius 2 is 1.95 bits per heavy atom. The number of carbonyl (C=O) groups is 2. The van der Waals surface area contributed by atoms with Crippen molar-refractivity contribution in [2.24, 2.45) is 0 Å². The quantitative estimate of drug-likeness (QED) is 0.916. The van der Waals surface area contributed by atoms with E-state index in [0.29, 0.717) is 6.07 Å². The van der Waals surface area contributed by atoms with E-state index >= 15 is 0 Å². The molecule has 4 nitrogen and oxygen atoms in total. The van der Waals surface area contributed by atoms with E-state index in [2.05, 4.69) is 0 Å². The zero-order valence-corrected chi connectivity index (χ0v) is 10.1. The Bertz CT molecular complexity index is 485. The van der Waals surface area contributed by atoms with Gasteiger partial charge < -0.3 is 10.0 Å². The van der Waals surface area contributed by atoms with Crippen LogP contribution in [0.1, 0.15) is 22.8 Å². The van der Waals surface area contributed by atoms with Crippen LogP contribution in [0, 0.1) is 0 Å². The van der Waals surface area contributed by atoms with Crippen LogP contribution in [0.2, 0.25) is 0 Å². The van der Waals surface area contributed by atoms with E-state index in [1.54, 1.807) is 6.92 Å². The molecule has 104 valence electrons. The number of alkyl halides is 3. The van der Waals surface area contributed by atoms with Gasteiger partial charge in [0.05, 0.1) is 5.56 Å². The minimum atomic E-state index is -4.54. The molecule has 0 bridgehead atoms. The van der Waals surface area contributed by atoms with Crippen molar-refractivity contribution in [1.82, 2.24) is 4.90 Å². The highest BCUT2D eigenvalue weighted by molar-refractivity contribution is 5.96. The Labute approximate surface area is 107 Å². The summed E-state index contributed by atoms with van der Waals surface area (Å²) in [6.45, 7) is 1.10. The Kier molecular flexibility index (Phi) is 4.52. The molecule has 0 heterocycles. The number of halogens is 3. The lowest BCUT2D eigenvalue weighted by atomic mass is 10.1. The number of amides is 1. The van der Waals surface area contributed by atoms with Crippen LogP contribution >= 0.6 is 0 Å². The van der Waals surface area contributed by atoms with Crippen molar-refractivity contribution >= 4 is 11.9 Å². The molecule has 1 aromatic carbocycles. The van der Waals surface area contributed by atoms with Crippen LogP contribution in [-0.2, 0) is 11.0 Å². The molecule has 0 aliphatic rings. The van der Waals surface area contributed by atoms with Crippen molar-refractivity contribution in [2.45, 2.75) is 13.1 Å². The molecule has 0 spiro atoms. The van der Waals surface area contributed by atoms with E-state index in [9.17, 15) is 22.8 Å². The number of aliphatic carboxylic acids is 1. The first-order valence-electron chi connectivity index (χ1n) is 5.44. The topological polar surface area (TPSA) is 57.6 Å². The van der Waals surface area contributed by atoms with Gasteiger partial charge in [0, 0.05) is 12.1 Å². The smallest absolute Gasteiger partial charge is 0.416 e. The van der Waals surface area contributed by atoms with Crippen LogP contribution in [0.4, 0.5) is 13.2 Å². The van der Waals surface area contributed by atoms with E-state index in [4.69, 9.17) is 5.11 Å².